The molecular weight excluding hydrogens is 201 g/mol. The highest BCUT2D eigenvalue weighted by atomic mass is 19.4. The molecule has 0 heterocycles. The second-order valence-electron chi connectivity index (χ2n) is 3.00. The van der Waals surface area contributed by atoms with Crippen LogP contribution in [0.3, 0.4) is 0 Å². The van der Waals surface area contributed by atoms with Crippen molar-refractivity contribution in [1.82, 2.24) is 0 Å². The van der Waals surface area contributed by atoms with Gasteiger partial charge in [0.2, 0.25) is 0 Å². The van der Waals surface area contributed by atoms with E-state index < -0.39 is 36.9 Å². The molecule has 1 unspecified atom stereocenters. The van der Waals surface area contributed by atoms with Crippen LogP contribution in [0, 0.1) is 5.92 Å². The van der Waals surface area contributed by atoms with Gasteiger partial charge in [0.1, 0.15) is 18.8 Å². The summed E-state index contributed by atoms with van der Waals surface area (Å²) in [5.41, 5.74) is 0. The third kappa shape index (κ3) is 5.55. The maximum atomic E-state index is 11.9. The Morgan fingerprint density at radius 3 is 2.21 bits per heavy atom. The molecule has 0 aromatic carbocycles. The van der Waals surface area contributed by atoms with E-state index in [1.54, 1.807) is 0 Å². The van der Waals surface area contributed by atoms with Crippen molar-refractivity contribution >= 4 is 11.8 Å². The van der Waals surface area contributed by atoms with Gasteiger partial charge in [-0.05, 0) is 6.92 Å². The fourth-order valence-electron chi connectivity index (χ4n) is 0.567. The molecule has 6 heteroatoms. The number of ether oxygens (including phenoxy) is 1. The molecule has 0 aromatic rings. The van der Waals surface area contributed by atoms with E-state index in [1.807, 2.05) is 0 Å². The lowest BCUT2D eigenvalue weighted by molar-refractivity contribution is -0.186. The fourth-order valence-corrected chi connectivity index (χ4v) is 0.567. The summed E-state index contributed by atoms with van der Waals surface area (Å²) in [5, 5.41) is 0. The van der Waals surface area contributed by atoms with Gasteiger partial charge in [0, 0.05) is 0 Å². The fraction of sp³-hybridized carbons (Fsp3) is 0.750. The first-order valence-electron chi connectivity index (χ1n) is 3.95. The van der Waals surface area contributed by atoms with Gasteiger partial charge in [0.05, 0.1) is 5.92 Å². The summed E-state index contributed by atoms with van der Waals surface area (Å²) in [6.07, 6.45) is -4.86. The van der Waals surface area contributed by atoms with Crippen molar-refractivity contribution < 1.29 is 27.5 Å². The van der Waals surface area contributed by atoms with Gasteiger partial charge in [-0.25, -0.2) is 0 Å². The van der Waals surface area contributed by atoms with Crippen LogP contribution in [0.15, 0.2) is 0 Å². The summed E-state index contributed by atoms with van der Waals surface area (Å²) in [6.45, 7) is 1.32. The number of hydrogen-bond acceptors (Lipinski definition) is 3. The zero-order valence-corrected chi connectivity index (χ0v) is 7.85. The number of ketones is 1. The standard InChI is InChI=1S/C8H11F3O3/c1-5(8(9,10)11)4-14-7(13)3-6(2)12/h5H,3-4H2,1-2H3. The van der Waals surface area contributed by atoms with Crippen molar-refractivity contribution in [2.45, 2.75) is 26.4 Å². The quantitative estimate of drug-likeness (QED) is 0.526. The topological polar surface area (TPSA) is 43.4 Å². The maximum Gasteiger partial charge on any atom is 0.394 e. The zero-order valence-electron chi connectivity index (χ0n) is 7.85. The Labute approximate surface area is 79.2 Å². The van der Waals surface area contributed by atoms with Crippen LogP contribution in [0.4, 0.5) is 13.2 Å². The molecule has 0 N–H and O–H groups in total. The zero-order chi connectivity index (χ0) is 11.4. The van der Waals surface area contributed by atoms with E-state index in [0.717, 1.165) is 13.8 Å². The number of carbonyl (C=O) groups excluding carboxylic acids is 2. The highest BCUT2D eigenvalue weighted by Crippen LogP contribution is 2.25. The van der Waals surface area contributed by atoms with Gasteiger partial charge in [0.15, 0.2) is 0 Å². The molecule has 0 radical (unpaired) electrons. The second kappa shape index (κ2) is 4.97. The molecule has 3 nitrogen and oxygen atoms in total. The average molecular weight is 212 g/mol. The van der Waals surface area contributed by atoms with E-state index in [1.165, 1.54) is 0 Å². The molecule has 0 saturated heterocycles. The highest BCUT2D eigenvalue weighted by molar-refractivity contribution is 5.94. The monoisotopic (exact) mass is 212 g/mol. The van der Waals surface area contributed by atoms with E-state index in [-0.39, 0.29) is 0 Å². The molecule has 0 rings (SSSR count). The van der Waals surface area contributed by atoms with E-state index in [9.17, 15) is 22.8 Å². The normalized spacial score (nSPS) is 13.5. The van der Waals surface area contributed by atoms with Crippen LogP contribution < -0.4 is 0 Å². The summed E-state index contributed by atoms with van der Waals surface area (Å²) in [5.74, 6) is -3.07. The average Bonchev–Trinajstić information content (AvgIpc) is 1.96. The van der Waals surface area contributed by atoms with Gasteiger partial charge in [0.25, 0.3) is 0 Å². The number of hydrogen-bond donors (Lipinski definition) is 0. The minimum atomic E-state index is -4.38. The van der Waals surface area contributed by atoms with Crippen molar-refractivity contribution in [2.24, 2.45) is 5.92 Å². The van der Waals surface area contributed by atoms with Crippen LogP contribution >= 0.6 is 0 Å². The van der Waals surface area contributed by atoms with E-state index in [2.05, 4.69) is 4.74 Å². The van der Waals surface area contributed by atoms with E-state index in [0.29, 0.717) is 0 Å². The molecular formula is C8H11F3O3. The van der Waals surface area contributed by atoms with Crippen molar-refractivity contribution in [3.05, 3.63) is 0 Å². The molecule has 0 bridgehead atoms. The number of Topliss-reactive ketones (excluding diaryl/α,β-unsaturated/α-hetero) is 1. The van der Waals surface area contributed by atoms with Crippen molar-refractivity contribution in [3.63, 3.8) is 0 Å². The molecule has 0 aromatic heterocycles. The Morgan fingerprint density at radius 2 is 1.86 bits per heavy atom. The number of halogens is 3. The van der Waals surface area contributed by atoms with Crippen LogP contribution in [0.5, 0.6) is 0 Å². The minimum Gasteiger partial charge on any atom is -0.465 e. The van der Waals surface area contributed by atoms with Gasteiger partial charge in [-0.15, -0.1) is 0 Å². The van der Waals surface area contributed by atoms with Crippen LogP contribution in [-0.4, -0.2) is 24.5 Å². The Kier molecular flexibility index (Phi) is 4.59. The Bertz CT molecular complexity index is 222. The van der Waals surface area contributed by atoms with Crippen LogP contribution in [0.2, 0.25) is 0 Å². The number of rotatable bonds is 4. The molecule has 82 valence electrons. The van der Waals surface area contributed by atoms with E-state index in [4.69, 9.17) is 0 Å². The largest absolute Gasteiger partial charge is 0.465 e. The number of carbonyl (C=O) groups is 2. The lowest BCUT2D eigenvalue weighted by atomic mass is 10.2. The molecule has 0 amide bonds. The Balaban J connectivity index is 3.84. The molecule has 0 saturated carbocycles. The number of esters is 1. The summed E-state index contributed by atoms with van der Waals surface area (Å²) < 4.78 is 40.0. The van der Waals surface area contributed by atoms with Gasteiger partial charge in [-0.2, -0.15) is 13.2 Å². The molecule has 1 atom stereocenters. The van der Waals surface area contributed by atoms with Gasteiger partial charge in [-0.3, -0.25) is 9.59 Å². The third-order valence-electron chi connectivity index (χ3n) is 1.45. The molecule has 0 spiro atoms. The summed E-state index contributed by atoms with van der Waals surface area (Å²) in [4.78, 5) is 21.0. The lowest BCUT2D eigenvalue weighted by Gasteiger charge is -2.14. The van der Waals surface area contributed by atoms with Crippen LogP contribution in [0.25, 0.3) is 0 Å². The summed E-state index contributed by atoms with van der Waals surface area (Å²) in [6, 6.07) is 0. The van der Waals surface area contributed by atoms with Gasteiger partial charge in [-0.1, -0.05) is 6.92 Å². The smallest absolute Gasteiger partial charge is 0.394 e. The van der Waals surface area contributed by atoms with Crippen LogP contribution in [-0.2, 0) is 14.3 Å². The predicted octanol–water partition coefficient (Wildman–Crippen LogP) is 1.71. The summed E-state index contributed by atoms with van der Waals surface area (Å²) in [7, 11) is 0. The third-order valence-corrected chi connectivity index (χ3v) is 1.45. The highest BCUT2D eigenvalue weighted by Gasteiger charge is 2.36. The lowest BCUT2D eigenvalue weighted by Crippen LogP contribution is -2.26. The summed E-state index contributed by atoms with van der Waals surface area (Å²) >= 11 is 0. The number of alkyl halides is 3. The second-order valence-corrected chi connectivity index (χ2v) is 3.00. The molecule has 0 aliphatic carbocycles. The Morgan fingerprint density at radius 1 is 1.36 bits per heavy atom. The van der Waals surface area contributed by atoms with Crippen molar-refractivity contribution in [1.29, 1.82) is 0 Å². The van der Waals surface area contributed by atoms with Crippen molar-refractivity contribution in [3.8, 4) is 0 Å². The minimum absolute atomic E-state index is 0.435. The molecule has 0 fully saturated rings. The maximum absolute atomic E-state index is 11.9. The predicted molar refractivity (Wildman–Crippen MR) is 41.5 cm³/mol. The SMILES string of the molecule is CC(=O)CC(=O)OCC(C)C(F)(F)F. The van der Waals surface area contributed by atoms with Gasteiger partial charge >= 0.3 is 12.1 Å². The first kappa shape index (κ1) is 12.9. The van der Waals surface area contributed by atoms with E-state index >= 15 is 0 Å². The van der Waals surface area contributed by atoms with Crippen LogP contribution in [0.1, 0.15) is 20.3 Å². The Hall–Kier alpha value is -1.07. The molecule has 0 aliphatic rings. The van der Waals surface area contributed by atoms with Gasteiger partial charge < -0.3 is 4.74 Å². The first-order chi connectivity index (χ1) is 6.23. The first-order valence-corrected chi connectivity index (χ1v) is 3.95. The van der Waals surface area contributed by atoms with Crippen molar-refractivity contribution in [2.75, 3.05) is 6.61 Å². The molecule has 14 heavy (non-hydrogen) atoms. The molecule has 0 aliphatic heterocycles.